The molecule has 4 heteroatoms. The summed E-state index contributed by atoms with van der Waals surface area (Å²) in [6.07, 6.45) is 0.703. The molecule has 0 heterocycles. The molecule has 0 aliphatic rings. The predicted molar refractivity (Wildman–Crippen MR) is 73.8 cm³/mol. The van der Waals surface area contributed by atoms with Crippen LogP contribution in [0, 0.1) is 11.8 Å². The summed E-state index contributed by atoms with van der Waals surface area (Å²) in [4.78, 5) is 10.7. The van der Waals surface area contributed by atoms with E-state index in [4.69, 9.17) is 11.6 Å². The number of benzene rings is 1. The lowest BCUT2D eigenvalue weighted by Crippen LogP contribution is -1.84. The molecule has 16 heavy (non-hydrogen) atoms. The lowest BCUT2D eigenvalue weighted by atomic mass is 10.2. The zero-order valence-electron chi connectivity index (χ0n) is 8.72. The molecule has 1 rings (SSSR count). The van der Waals surface area contributed by atoms with Crippen LogP contribution in [-0.2, 0) is 4.79 Å². The van der Waals surface area contributed by atoms with Gasteiger partial charge >= 0.3 is 0 Å². The Morgan fingerprint density at radius 1 is 1.50 bits per heavy atom. The Hall–Kier alpha value is -0.430. The molecule has 0 fully saturated rings. The Labute approximate surface area is 113 Å². The average molecular weight is 318 g/mol. The van der Waals surface area contributed by atoms with Crippen LogP contribution in [0.15, 0.2) is 22.7 Å². The molecule has 0 bridgehead atoms. The van der Waals surface area contributed by atoms with Gasteiger partial charge in [0.2, 0.25) is 0 Å². The first-order valence-corrected chi connectivity index (χ1v) is 6.82. The average Bonchev–Trinajstić information content (AvgIpc) is 2.15. The van der Waals surface area contributed by atoms with Crippen molar-refractivity contribution in [1.82, 2.24) is 0 Å². The molecule has 0 N–H and O–H groups in total. The second-order valence-corrected chi connectivity index (χ2v) is 5.67. The van der Waals surface area contributed by atoms with Crippen molar-refractivity contribution in [3.63, 3.8) is 0 Å². The molecular weight excluding hydrogens is 308 g/mol. The largest absolute Gasteiger partial charge is 0.288 e. The standard InChI is InChI=1S/C12H10BrClOS/c1-9(15)16-5-3-2-4-10-6-11(13)8-12(14)7-10/h6-8H,3,5H2,1H3. The summed E-state index contributed by atoms with van der Waals surface area (Å²) in [5.41, 5.74) is 0.882. The first-order chi connectivity index (χ1) is 7.58. The van der Waals surface area contributed by atoms with Crippen molar-refractivity contribution in [2.75, 3.05) is 5.75 Å². The van der Waals surface area contributed by atoms with Crippen LogP contribution in [0.3, 0.4) is 0 Å². The first kappa shape index (κ1) is 13.6. The first-order valence-electron chi connectivity index (χ1n) is 4.66. The third-order valence-electron chi connectivity index (χ3n) is 1.63. The number of carbonyl (C=O) groups excluding carboxylic acids is 1. The Kier molecular flexibility index (Phi) is 5.97. The van der Waals surface area contributed by atoms with Gasteiger partial charge in [-0.3, -0.25) is 4.79 Å². The second kappa shape index (κ2) is 7.01. The summed E-state index contributed by atoms with van der Waals surface area (Å²) in [6.45, 7) is 1.56. The molecule has 0 unspecified atom stereocenters. The minimum Gasteiger partial charge on any atom is -0.288 e. The van der Waals surface area contributed by atoms with Crippen molar-refractivity contribution >= 4 is 44.4 Å². The summed E-state index contributed by atoms with van der Waals surface area (Å²) in [5, 5.41) is 0.795. The van der Waals surface area contributed by atoms with Crippen LogP contribution < -0.4 is 0 Å². The predicted octanol–water partition coefficient (Wildman–Crippen LogP) is 4.12. The van der Waals surface area contributed by atoms with E-state index in [-0.39, 0.29) is 5.12 Å². The van der Waals surface area contributed by atoms with Crippen molar-refractivity contribution in [2.45, 2.75) is 13.3 Å². The number of hydrogen-bond donors (Lipinski definition) is 0. The fraction of sp³-hybridized carbons (Fsp3) is 0.250. The number of hydrogen-bond acceptors (Lipinski definition) is 2. The van der Waals surface area contributed by atoms with E-state index in [2.05, 4.69) is 27.8 Å². The van der Waals surface area contributed by atoms with E-state index in [1.54, 1.807) is 6.92 Å². The normalized spacial score (nSPS) is 9.44. The van der Waals surface area contributed by atoms with Gasteiger partial charge in [-0.25, -0.2) is 0 Å². The third-order valence-corrected chi connectivity index (χ3v) is 3.12. The number of rotatable bonds is 2. The summed E-state index contributed by atoms with van der Waals surface area (Å²) >= 11 is 10.5. The van der Waals surface area contributed by atoms with Crippen LogP contribution in [0.5, 0.6) is 0 Å². The monoisotopic (exact) mass is 316 g/mol. The van der Waals surface area contributed by atoms with Gasteiger partial charge in [0, 0.05) is 34.2 Å². The van der Waals surface area contributed by atoms with Crippen molar-refractivity contribution < 1.29 is 4.79 Å². The summed E-state index contributed by atoms with van der Waals surface area (Å²) in [7, 11) is 0. The Balaban J connectivity index is 2.53. The molecule has 0 aliphatic carbocycles. The zero-order valence-corrected chi connectivity index (χ0v) is 11.9. The number of halogens is 2. The maximum Gasteiger partial charge on any atom is 0.185 e. The molecule has 0 aromatic heterocycles. The van der Waals surface area contributed by atoms with Gasteiger partial charge in [-0.05, 0) is 18.2 Å². The van der Waals surface area contributed by atoms with Gasteiger partial charge in [-0.15, -0.1) is 0 Å². The smallest absolute Gasteiger partial charge is 0.185 e. The molecule has 1 nitrogen and oxygen atoms in total. The van der Waals surface area contributed by atoms with Crippen molar-refractivity contribution in [1.29, 1.82) is 0 Å². The van der Waals surface area contributed by atoms with E-state index in [9.17, 15) is 4.79 Å². The maximum absolute atomic E-state index is 10.7. The molecular formula is C12H10BrClOS. The molecule has 0 atom stereocenters. The second-order valence-electron chi connectivity index (χ2n) is 3.05. The topological polar surface area (TPSA) is 17.1 Å². The van der Waals surface area contributed by atoms with Gasteiger partial charge in [-0.1, -0.05) is 51.1 Å². The Morgan fingerprint density at radius 2 is 2.25 bits per heavy atom. The highest BCUT2D eigenvalue weighted by molar-refractivity contribution is 9.10. The van der Waals surface area contributed by atoms with E-state index < -0.39 is 0 Å². The van der Waals surface area contributed by atoms with Crippen LogP contribution >= 0.6 is 39.3 Å². The molecule has 0 spiro atoms. The summed E-state index contributed by atoms with van der Waals surface area (Å²) in [5.74, 6) is 6.76. The minimum atomic E-state index is 0.132. The van der Waals surface area contributed by atoms with Gasteiger partial charge in [0.05, 0.1) is 0 Å². The minimum absolute atomic E-state index is 0.132. The quantitative estimate of drug-likeness (QED) is 0.603. The molecule has 1 aromatic rings. The van der Waals surface area contributed by atoms with Gasteiger partial charge in [-0.2, -0.15) is 0 Å². The van der Waals surface area contributed by atoms with Crippen molar-refractivity contribution in [3.8, 4) is 11.8 Å². The molecule has 0 radical (unpaired) electrons. The summed E-state index contributed by atoms with van der Waals surface area (Å²) < 4.78 is 0.919. The maximum atomic E-state index is 10.7. The van der Waals surface area contributed by atoms with Crippen molar-refractivity contribution in [3.05, 3.63) is 33.3 Å². The number of thioether (sulfide) groups is 1. The van der Waals surface area contributed by atoms with E-state index in [1.165, 1.54) is 11.8 Å². The van der Waals surface area contributed by atoms with E-state index in [1.807, 2.05) is 18.2 Å². The van der Waals surface area contributed by atoms with Crippen molar-refractivity contribution in [2.24, 2.45) is 0 Å². The molecule has 1 aromatic carbocycles. The van der Waals surface area contributed by atoms with Gasteiger partial charge in [0.15, 0.2) is 5.12 Å². The molecule has 0 saturated carbocycles. The zero-order chi connectivity index (χ0) is 12.0. The van der Waals surface area contributed by atoms with Crippen LogP contribution in [0.1, 0.15) is 18.9 Å². The lowest BCUT2D eigenvalue weighted by Gasteiger charge is -1.94. The SMILES string of the molecule is CC(=O)SCCC#Cc1cc(Cl)cc(Br)c1. The fourth-order valence-electron chi connectivity index (χ4n) is 1.04. The van der Waals surface area contributed by atoms with Crippen LogP contribution in [0.4, 0.5) is 0 Å². The van der Waals surface area contributed by atoms with Gasteiger partial charge < -0.3 is 0 Å². The van der Waals surface area contributed by atoms with Gasteiger partial charge in [0.25, 0.3) is 0 Å². The molecule has 0 aliphatic heterocycles. The highest BCUT2D eigenvalue weighted by Gasteiger charge is 1.94. The summed E-state index contributed by atoms with van der Waals surface area (Å²) in [6, 6.07) is 5.55. The lowest BCUT2D eigenvalue weighted by molar-refractivity contribution is -0.109. The van der Waals surface area contributed by atoms with Crippen LogP contribution in [0.2, 0.25) is 5.02 Å². The fourth-order valence-corrected chi connectivity index (χ4v) is 2.39. The molecule has 0 amide bonds. The molecule has 84 valence electrons. The van der Waals surface area contributed by atoms with E-state index in [0.29, 0.717) is 11.4 Å². The highest BCUT2D eigenvalue weighted by Crippen LogP contribution is 2.18. The Bertz CT molecular complexity index is 428. The highest BCUT2D eigenvalue weighted by atomic mass is 79.9. The van der Waals surface area contributed by atoms with Crippen LogP contribution in [-0.4, -0.2) is 10.9 Å². The third kappa shape index (κ3) is 5.60. The number of carbonyl (C=O) groups is 1. The van der Waals surface area contributed by atoms with Gasteiger partial charge in [0.1, 0.15) is 0 Å². The Morgan fingerprint density at radius 3 is 2.88 bits per heavy atom. The van der Waals surface area contributed by atoms with E-state index >= 15 is 0 Å². The van der Waals surface area contributed by atoms with Crippen LogP contribution in [0.25, 0.3) is 0 Å². The van der Waals surface area contributed by atoms with E-state index in [0.717, 1.165) is 15.8 Å². The molecule has 0 saturated heterocycles.